The fourth-order valence-corrected chi connectivity index (χ4v) is 1.98. The van der Waals surface area contributed by atoms with Crippen LogP contribution in [0.3, 0.4) is 0 Å². The molecule has 1 amide bonds. The molecule has 1 saturated carbocycles. The highest BCUT2D eigenvalue weighted by atomic mass is 32.2. The monoisotopic (exact) mass is 228 g/mol. The van der Waals surface area contributed by atoms with Gasteiger partial charge in [-0.3, -0.25) is 9.63 Å². The molecular formula is C8H12N4O2S. The topological polar surface area (TPSA) is 69.0 Å². The summed E-state index contributed by atoms with van der Waals surface area (Å²) < 4.78 is 2.02. The van der Waals surface area contributed by atoms with Gasteiger partial charge in [-0.2, -0.15) is 0 Å². The first-order valence-corrected chi connectivity index (χ1v) is 5.64. The number of amides is 1. The standard InChI is InChI=1S/C8H12N4O2S/c1-14-11-7(13)4-15-8-10-9-5-12(8)6-2-3-6/h5-6H,2-4H2,1H3,(H,11,13). The second-order valence-electron chi connectivity index (χ2n) is 3.27. The zero-order valence-corrected chi connectivity index (χ0v) is 9.16. The zero-order chi connectivity index (χ0) is 10.7. The number of thioether (sulfide) groups is 1. The van der Waals surface area contributed by atoms with Gasteiger partial charge in [0.15, 0.2) is 5.16 Å². The van der Waals surface area contributed by atoms with Crippen LogP contribution in [0.1, 0.15) is 18.9 Å². The Kier molecular flexibility index (Phi) is 3.22. The quantitative estimate of drug-likeness (QED) is 0.583. The van der Waals surface area contributed by atoms with E-state index in [1.54, 1.807) is 6.33 Å². The predicted octanol–water partition coefficient (Wildman–Crippen LogP) is 0.383. The van der Waals surface area contributed by atoms with E-state index in [1.807, 2.05) is 4.57 Å². The third kappa shape index (κ3) is 2.69. The van der Waals surface area contributed by atoms with Gasteiger partial charge >= 0.3 is 0 Å². The smallest absolute Gasteiger partial charge is 0.253 e. The molecule has 1 aliphatic rings. The lowest BCUT2D eigenvalue weighted by Gasteiger charge is -2.03. The molecule has 6 nitrogen and oxygen atoms in total. The van der Waals surface area contributed by atoms with E-state index >= 15 is 0 Å². The molecule has 0 saturated heterocycles. The Labute approximate surface area is 91.3 Å². The molecule has 1 fully saturated rings. The lowest BCUT2D eigenvalue weighted by molar-refractivity contribution is -0.128. The molecule has 0 aliphatic heterocycles. The third-order valence-electron chi connectivity index (χ3n) is 2.03. The fraction of sp³-hybridized carbons (Fsp3) is 0.625. The summed E-state index contributed by atoms with van der Waals surface area (Å²) in [6.07, 6.45) is 4.07. The summed E-state index contributed by atoms with van der Waals surface area (Å²) in [4.78, 5) is 15.6. The Balaban J connectivity index is 1.87. The van der Waals surface area contributed by atoms with Crippen molar-refractivity contribution in [3.8, 4) is 0 Å². The van der Waals surface area contributed by atoms with Crippen LogP contribution in [0.4, 0.5) is 0 Å². The lowest BCUT2D eigenvalue weighted by atomic mass is 10.7. The summed E-state index contributed by atoms with van der Waals surface area (Å²) >= 11 is 1.37. The number of carbonyl (C=O) groups is 1. The second-order valence-corrected chi connectivity index (χ2v) is 4.21. The minimum atomic E-state index is -0.173. The Morgan fingerprint density at radius 2 is 2.60 bits per heavy atom. The molecular weight excluding hydrogens is 216 g/mol. The molecule has 1 aromatic rings. The van der Waals surface area contributed by atoms with Crippen molar-refractivity contribution < 1.29 is 9.63 Å². The molecule has 0 bridgehead atoms. The van der Waals surface area contributed by atoms with Crippen molar-refractivity contribution in [3.05, 3.63) is 6.33 Å². The summed E-state index contributed by atoms with van der Waals surface area (Å²) in [7, 11) is 1.41. The fourth-order valence-electron chi connectivity index (χ4n) is 1.21. The normalized spacial score (nSPS) is 15.3. The van der Waals surface area contributed by atoms with E-state index < -0.39 is 0 Å². The number of hydrogen-bond donors (Lipinski definition) is 1. The summed E-state index contributed by atoms with van der Waals surface area (Å²) in [6, 6.07) is 0.535. The van der Waals surface area contributed by atoms with E-state index in [-0.39, 0.29) is 5.91 Å². The van der Waals surface area contributed by atoms with Crippen molar-refractivity contribution in [3.63, 3.8) is 0 Å². The maximum Gasteiger partial charge on any atom is 0.253 e. The average molecular weight is 228 g/mol. The Bertz CT molecular complexity index is 350. The number of hydroxylamine groups is 1. The van der Waals surface area contributed by atoms with E-state index in [2.05, 4.69) is 20.5 Å². The van der Waals surface area contributed by atoms with Crippen molar-refractivity contribution in [2.45, 2.75) is 24.0 Å². The van der Waals surface area contributed by atoms with E-state index in [0.29, 0.717) is 11.8 Å². The van der Waals surface area contributed by atoms with Gasteiger partial charge in [-0.05, 0) is 12.8 Å². The maximum atomic E-state index is 11.1. The van der Waals surface area contributed by atoms with Crippen molar-refractivity contribution in [2.24, 2.45) is 0 Å². The van der Waals surface area contributed by atoms with Crippen LogP contribution in [0.15, 0.2) is 11.5 Å². The van der Waals surface area contributed by atoms with Crippen molar-refractivity contribution in [2.75, 3.05) is 12.9 Å². The minimum Gasteiger partial charge on any atom is -0.306 e. The molecule has 7 heteroatoms. The summed E-state index contributed by atoms with van der Waals surface area (Å²) in [5.41, 5.74) is 2.26. The average Bonchev–Trinajstić information content (AvgIpc) is 2.96. The van der Waals surface area contributed by atoms with Gasteiger partial charge in [0.2, 0.25) is 0 Å². The molecule has 0 atom stereocenters. The molecule has 1 aliphatic carbocycles. The first-order chi connectivity index (χ1) is 7.31. The number of aromatic nitrogens is 3. The van der Waals surface area contributed by atoms with Gasteiger partial charge in [0.25, 0.3) is 5.91 Å². The van der Waals surface area contributed by atoms with Gasteiger partial charge < -0.3 is 4.57 Å². The number of hydrogen-bond acceptors (Lipinski definition) is 5. The summed E-state index contributed by atoms with van der Waals surface area (Å²) in [5, 5.41) is 8.60. The molecule has 0 spiro atoms. The van der Waals surface area contributed by atoms with Gasteiger partial charge in [0, 0.05) is 6.04 Å². The number of nitrogens with zero attached hydrogens (tertiary/aromatic N) is 3. The molecule has 0 aromatic carbocycles. The number of carbonyl (C=O) groups excluding carboxylic acids is 1. The molecule has 1 aromatic heterocycles. The first-order valence-electron chi connectivity index (χ1n) is 4.65. The van der Waals surface area contributed by atoms with Gasteiger partial charge in [0.1, 0.15) is 6.33 Å². The Morgan fingerprint density at radius 1 is 1.80 bits per heavy atom. The van der Waals surface area contributed by atoms with Gasteiger partial charge in [-0.1, -0.05) is 11.8 Å². The molecule has 0 radical (unpaired) electrons. The zero-order valence-electron chi connectivity index (χ0n) is 8.34. The largest absolute Gasteiger partial charge is 0.306 e. The van der Waals surface area contributed by atoms with Crippen LogP contribution >= 0.6 is 11.8 Å². The Hall–Kier alpha value is -1.08. The van der Waals surface area contributed by atoms with Crippen LogP contribution in [-0.4, -0.2) is 33.5 Å². The van der Waals surface area contributed by atoms with Crippen LogP contribution in [-0.2, 0) is 9.63 Å². The predicted molar refractivity (Wildman–Crippen MR) is 54.2 cm³/mol. The molecule has 82 valence electrons. The molecule has 2 rings (SSSR count). The molecule has 0 unspecified atom stereocenters. The van der Waals surface area contributed by atoms with Gasteiger partial charge in [0.05, 0.1) is 12.9 Å². The van der Waals surface area contributed by atoms with Crippen molar-refractivity contribution in [1.29, 1.82) is 0 Å². The van der Waals surface area contributed by atoms with Crippen molar-refractivity contribution in [1.82, 2.24) is 20.2 Å². The maximum absolute atomic E-state index is 11.1. The van der Waals surface area contributed by atoms with Crippen LogP contribution < -0.4 is 5.48 Å². The third-order valence-corrected chi connectivity index (χ3v) is 2.99. The summed E-state index contributed by atoms with van der Waals surface area (Å²) in [6.45, 7) is 0. The van der Waals surface area contributed by atoms with E-state index in [0.717, 1.165) is 5.16 Å². The second kappa shape index (κ2) is 4.63. The molecule has 1 N–H and O–H groups in total. The molecule has 15 heavy (non-hydrogen) atoms. The summed E-state index contributed by atoms with van der Waals surface area (Å²) in [5.74, 6) is 0.118. The van der Waals surface area contributed by atoms with E-state index in [4.69, 9.17) is 0 Å². The first kappa shape index (κ1) is 10.4. The van der Waals surface area contributed by atoms with Crippen molar-refractivity contribution >= 4 is 17.7 Å². The molecule has 1 heterocycles. The van der Waals surface area contributed by atoms with E-state index in [9.17, 15) is 4.79 Å². The SMILES string of the molecule is CONC(=O)CSc1nncn1C1CC1. The van der Waals surface area contributed by atoms with Crippen LogP contribution in [0.5, 0.6) is 0 Å². The van der Waals surface area contributed by atoms with Crippen LogP contribution in [0, 0.1) is 0 Å². The van der Waals surface area contributed by atoms with Crippen LogP contribution in [0.25, 0.3) is 0 Å². The highest BCUT2D eigenvalue weighted by molar-refractivity contribution is 7.99. The van der Waals surface area contributed by atoms with Gasteiger partial charge in [-0.25, -0.2) is 5.48 Å². The van der Waals surface area contributed by atoms with Crippen LogP contribution in [0.2, 0.25) is 0 Å². The highest BCUT2D eigenvalue weighted by Crippen LogP contribution is 2.37. The highest BCUT2D eigenvalue weighted by Gasteiger charge is 2.26. The Morgan fingerprint density at radius 3 is 3.27 bits per heavy atom. The number of rotatable bonds is 5. The number of nitrogens with one attached hydrogen (secondary N) is 1. The van der Waals surface area contributed by atoms with Gasteiger partial charge in [-0.15, -0.1) is 10.2 Å². The minimum absolute atomic E-state index is 0.173. The van der Waals surface area contributed by atoms with E-state index in [1.165, 1.54) is 31.7 Å². The lowest BCUT2D eigenvalue weighted by Crippen LogP contribution is -2.23.